The second-order valence-corrected chi connectivity index (χ2v) is 7.60. The van der Waals surface area contributed by atoms with Crippen LogP contribution in [0.1, 0.15) is 34.1 Å². The van der Waals surface area contributed by atoms with Crippen molar-refractivity contribution >= 4 is 15.6 Å². The van der Waals surface area contributed by atoms with E-state index in [4.69, 9.17) is 4.74 Å². The second-order valence-electron chi connectivity index (χ2n) is 5.38. The molecule has 4 nitrogen and oxygen atoms in total. The van der Waals surface area contributed by atoms with Crippen LogP contribution in [0.2, 0.25) is 0 Å². The van der Waals surface area contributed by atoms with Crippen LogP contribution in [-0.2, 0) is 19.4 Å². The first-order valence-electron chi connectivity index (χ1n) is 5.51. The van der Waals surface area contributed by atoms with Crippen molar-refractivity contribution in [1.29, 1.82) is 0 Å². The molecule has 0 bridgehead atoms. The Balaban J connectivity index is 2.76. The Hall–Kier alpha value is -0.420. The molecular weight excluding hydrogens is 228 g/mol. The number of sulfone groups is 1. The number of ketones is 1. The Morgan fingerprint density at radius 1 is 1.38 bits per heavy atom. The van der Waals surface area contributed by atoms with Crippen molar-refractivity contribution in [2.24, 2.45) is 5.41 Å². The first-order valence-corrected chi connectivity index (χ1v) is 7.22. The molecule has 2 atom stereocenters. The minimum absolute atomic E-state index is 0.230. The molecule has 1 heterocycles. The summed E-state index contributed by atoms with van der Waals surface area (Å²) in [5, 5.41) is -0.515. The van der Waals surface area contributed by atoms with Crippen molar-refractivity contribution in [3.63, 3.8) is 0 Å². The highest BCUT2D eigenvalue weighted by atomic mass is 32.2. The maximum absolute atomic E-state index is 12.0. The van der Waals surface area contributed by atoms with Gasteiger partial charge in [0.25, 0.3) is 0 Å². The molecule has 16 heavy (non-hydrogen) atoms. The summed E-state index contributed by atoms with van der Waals surface area (Å²) in [6.07, 6.45) is 0.207. The van der Waals surface area contributed by atoms with Gasteiger partial charge in [-0.25, -0.2) is 8.42 Å². The lowest BCUT2D eigenvalue weighted by molar-refractivity contribution is -0.123. The van der Waals surface area contributed by atoms with Gasteiger partial charge in [0.2, 0.25) is 0 Å². The summed E-state index contributed by atoms with van der Waals surface area (Å²) in [5.41, 5.74) is -0.601. The van der Waals surface area contributed by atoms with Gasteiger partial charge in [-0.2, -0.15) is 0 Å². The summed E-state index contributed by atoms with van der Waals surface area (Å²) >= 11 is 0. The Morgan fingerprint density at radius 3 is 2.31 bits per heavy atom. The van der Waals surface area contributed by atoms with E-state index in [1.54, 1.807) is 27.7 Å². The second kappa shape index (κ2) is 4.45. The van der Waals surface area contributed by atoms with Crippen LogP contribution in [0.3, 0.4) is 0 Å². The van der Waals surface area contributed by atoms with Gasteiger partial charge in [0.15, 0.2) is 15.6 Å². The number of rotatable bonds is 3. The molecular formula is C11H20O4S. The molecule has 5 heteroatoms. The van der Waals surface area contributed by atoms with Gasteiger partial charge in [0, 0.05) is 12.0 Å². The highest BCUT2D eigenvalue weighted by Gasteiger charge is 2.38. The smallest absolute Gasteiger partial charge is 0.162 e. The number of hydrogen-bond acceptors (Lipinski definition) is 4. The van der Waals surface area contributed by atoms with Gasteiger partial charge >= 0.3 is 0 Å². The predicted octanol–water partition coefficient (Wildman–Crippen LogP) is 1.19. The molecule has 1 saturated heterocycles. The lowest BCUT2D eigenvalue weighted by Crippen LogP contribution is -2.36. The molecule has 0 aromatic rings. The SMILES string of the molecule is CC1OCCC1S(=O)(=O)CC(=O)C(C)(C)C. The van der Waals surface area contributed by atoms with E-state index in [-0.39, 0.29) is 17.6 Å². The molecule has 0 aliphatic carbocycles. The van der Waals surface area contributed by atoms with Crippen LogP contribution in [0.5, 0.6) is 0 Å². The first kappa shape index (κ1) is 13.6. The molecule has 0 amide bonds. The fourth-order valence-corrected chi connectivity index (χ4v) is 3.82. The molecule has 1 aliphatic heterocycles. The number of carbonyl (C=O) groups excluding carboxylic acids is 1. The fraction of sp³-hybridized carbons (Fsp3) is 0.909. The van der Waals surface area contributed by atoms with Gasteiger partial charge in [-0.05, 0) is 13.3 Å². The standard InChI is InChI=1S/C11H20O4S/c1-8-9(5-6-15-8)16(13,14)7-10(12)11(2,3)4/h8-9H,5-7H2,1-4H3. The van der Waals surface area contributed by atoms with Crippen LogP contribution < -0.4 is 0 Å². The maximum atomic E-state index is 12.0. The third-order valence-electron chi connectivity index (χ3n) is 2.94. The summed E-state index contributed by atoms with van der Waals surface area (Å²) in [4.78, 5) is 11.7. The third-order valence-corrected chi connectivity index (χ3v) is 5.14. The Bertz CT molecular complexity index is 364. The minimum Gasteiger partial charge on any atom is -0.377 e. The van der Waals surface area contributed by atoms with E-state index in [0.717, 1.165) is 0 Å². The van der Waals surface area contributed by atoms with Crippen molar-refractivity contribution in [1.82, 2.24) is 0 Å². The van der Waals surface area contributed by atoms with Gasteiger partial charge in [0.1, 0.15) is 5.75 Å². The van der Waals surface area contributed by atoms with Gasteiger partial charge in [-0.3, -0.25) is 4.79 Å². The highest BCUT2D eigenvalue weighted by Crippen LogP contribution is 2.24. The molecule has 1 aliphatic rings. The van der Waals surface area contributed by atoms with Gasteiger partial charge in [-0.15, -0.1) is 0 Å². The van der Waals surface area contributed by atoms with Crippen molar-refractivity contribution < 1.29 is 17.9 Å². The topological polar surface area (TPSA) is 60.4 Å². The average Bonchev–Trinajstić information content (AvgIpc) is 2.49. The molecule has 1 rings (SSSR count). The van der Waals surface area contributed by atoms with Crippen LogP contribution in [0, 0.1) is 5.41 Å². The lowest BCUT2D eigenvalue weighted by atomic mass is 9.92. The summed E-state index contributed by atoms with van der Waals surface area (Å²) in [6.45, 7) is 7.42. The normalized spacial score (nSPS) is 27.0. The lowest BCUT2D eigenvalue weighted by Gasteiger charge is -2.19. The predicted molar refractivity (Wildman–Crippen MR) is 62.1 cm³/mol. The van der Waals surface area contributed by atoms with E-state index in [1.165, 1.54) is 0 Å². The van der Waals surface area contributed by atoms with Gasteiger partial charge < -0.3 is 4.74 Å². The zero-order chi connectivity index (χ0) is 12.6. The molecule has 2 unspecified atom stereocenters. The fourth-order valence-electron chi connectivity index (χ4n) is 1.69. The molecule has 1 fully saturated rings. The largest absolute Gasteiger partial charge is 0.377 e. The van der Waals surface area contributed by atoms with E-state index in [2.05, 4.69) is 0 Å². The van der Waals surface area contributed by atoms with Crippen LogP contribution in [-0.4, -0.2) is 37.9 Å². The first-order chi connectivity index (χ1) is 7.14. The number of hydrogen-bond donors (Lipinski definition) is 0. The van der Waals surface area contributed by atoms with Crippen LogP contribution in [0.4, 0.5) is 0 Å². The summed E-state index contributed by atoms with van der Waals surface area (Å²) < 4.78 is 29.2. The molecule has 0 saturated carbocycles. The average molecular weight is 248 g/mol. The van der Waals surface area contributed by atoms with E-state index in [9.17, 15) is 13.2 Å². The van der Waals surface area contributed by atoms with Crippen molar-refractivity contribution in [3.8, 4) is 0 Å². The quantitative estimate of drug-likeness (QED) is 0.753. The van der Waals surface area contributed by atoms with Gasteiger partial charge in [0.05, 0.1) is 11.4 Å². The van der Waals surface area contributed by atoms with Crippen LogP contribution in [0.25, 0.3) is 0 Å². The summed E-state index contributed by atoms with van der Waals surface area (Å²) in [6, 6.07) is 0. The summed E-state index contributed by atoms with van der Waals surface area (Å²) in [5.74, 6) is -0.596. The Morgan fingerprint density at radius 2 is 1.94 bits per heavy atom. The molecule has 94 valence electrons. The van der Waals surface area contributed by atoms with E-state index >= 15 is 0 Å². The number of Topliss-reactive ketones (excluding diaryl/α,β-unsaturated/α-hetero) is 1. The third kappa shape index (κ3) is 3.04. The van der Waals surface area contributed by atoms with E-state index < -0.39 is 20.5 Å². The minimum atomic E-state index is -3.37. The number of carbonyl (C=O) groups is 1. The van der Waals surface area contributed by atoms with E-state index in [0.29, 0.717) is 13.0 Å². The molecule has 0 aromatic carbocycles. The van der Waals surface area contributed by atoms with Crippen molar-refractivity contribution in [2.75, 3.05) is 12.4 Å². The zero-order valence-electron chi connectivity index (χ0n) is 10.3. The van der Waals surface area contributed by atoms with E-state index in [1.807, 2.05) is 0 Å². The van der Waals surface area contributed by atoms with Crippen molar-refractivity contribution in [2.45, 2.75) is 45.5 Å². The van der Waals surface area contributed by atoms with Crippen LogP contribution in [0.15, 0.2) is 0 Å². The van der Waals surface area contributed by atoms with Gasteiger partial charge in [-0.1, -0.05) is 20.8 Å². The molecule has 0 radical (unpaired) electrons. The zero-order valence-corrected chi connectivity index (χ0v) is 11.1. The monoisotopic (exact) mass is 248 g/mol. The number of ether oxygens (including phenoxy) is 1. The molecule has 0 spiro atoms. The Kier molecular flexibility index (Phi) is 3.80. The highest BCUT2D eigenvalue weighted by molar-refractivity contribution is 7.92. The Labute approximate surface area is 97.3 Å². The molecule has 0 N–H and O–H groups in total. The summed E-state index contributed by atoms with van der Waals surface area (Å²) in [7, 11) is -3.37. The van der Waals surface area contributed by atoms with Crippen molar-refractivity contribution in [3.05, 3.63) is 0 Å². The van der Waals surface area contributed by atoms with Crippen LogP contribution >= 0.6 is 0 Å². The molecule has 0 aromatic heterocycles. The maximum Gasteiger partial charge on any atom is 0.162 e.